The van der Waals surface area contributed by atoms with Gasteiger partial charge in [-0.1, -0.05) is 6.58 Å². The van der Waals surface area contributed by atoms with Gasteiger partial charge in [0.15, 0.2) is 34.5 Å². The van der Waals surface area contributed by atoms with Crippen LogP contribution in [0.5, 0.6) is 0 Å². The van der Waals surface area contributed by atoms with E-state index in [1.54, 1.807) is 96.6 Å². The van der Waals surface area contributed by atoms with Gasteiger partial charge >= 0.3 is 12.1 Å². The molecule has 1 aliphatic carbocycles. The van der Waals surface area contributed by atoms with Crippen LogP contribution in [0.25, 0.3) is 0 Å². The molecule has 6 atom stereocenters. The molecule has 0 bridgehead atoms. The molecule has 6 amide bonds. The second kappa shape index (κ2) is 27.1. The van der Waals surface area contributed by atoms with Gasteiger partial charge in [-0.05, 0) is 79.1 Å². The maximum absolute atomic E-state index is 12.6. The van der Waals surface area contributed by atoms with Gasteiger partial charge in [0.25, 0.3) is 17.7 Å². The lowest BCUT2D eigenvalue weighted by atomic mass is 9.97. The fraction of sp³-hybridized carbons (Fsp3) is 0.481. The number of nitrogens with zero attached hydrogens (tertiary/aromatic N) is 16. The van der Waals surface area contributed by atoms with E-state index in [4.69, 9.17) is 27.7 Å². The second-order valence-corrected chi connectivity index (χ2v) is 21.6. The molecule has 0 radical (unpaired) electrons. The summed E-state index contributed by atoms with van der Waals surface area (Å²) in [6, 6.07) is 0.373. The largest absolute Gasteiger partial charge is 0.416 e. The van der Waals surface area contributed by atoms with Gasteiger partial charge in [-0.25, -0.2) is 39.5 Å². The van der Waals surface area contributed by atoms with Crippen LogP contribution in [-0.4, -0.2) is 163 Å². The average Bonchev–Trinajstić information content (AvgIpc) is 4.17. The van der Waals surface area contributed by atoms with Gasteiger partial charge in [0.2, 0.25) is 0 Å². The number of amides is 6. The van der Waals surface area contributed by atoms with E-state index in [2.05, 4.69) is 102 Å². The van der Waals surface area contributed by atoms with E-state index >= 15 is 0 Å². The number of hydrogen-bond acceptors (Lipinski definition) is 22. The van der Waals surface area contributed by atoms with Gasteiger partial charge < -0.3 is 73.9 Å². The van der Waals surface area contributed by atoms with Gasteiger partial charge in [0, 0.05) is 96.6 Å². The van der Waals surface area contributed by atoms with Gasteiger partial charge in [-0.3, -0.25) is 28.4 Å². The Hall–Kier alpha value is -9.68. The number of nitrogens with one attached hydrogen (secondary N) is 5. The molecule has 454 valence electrons. The molecule has 10 rings (SSSR count). The third kappa shape index (κ3) is 15.7. The zero-order valence-corrected chi connectivity index (χ0v) is 49.1. The first kappa shape index (κ1) is 61.4. The molecule has 1 saturated carbocycles. The van der Waals surface area contributed by atoms with E-state index in [1.165, 1.54) is 6.20 Å². The third-order valence-electron chi connectivity index (χ3n) is 15.1. The second-order valence-electron chi connectivity index (χ2n) is 21.6. The SMILES string of the molecule is C=C(C)OC(=O)N[C@@H]1CCCN(c2cnc(C(N)=O)c(Nc3cnn(C)c3)n2)[C@@H]1C.C[C@@H]1[C@H](N)CCCN1c1cnc(C(N)=O)c(Nc2cnn(C)c2)n1.C[C@@H]1[C@H](NC(=O)N(C)C2CC2)CCCN1c1cnc(C(N)=O)c(Nc2cnn(C)c2)n1. The Morgan fingerprint density at radius 2 is 0.929 bits per heavy atom. The third-order valence-corrected chi connectivity index (χ3v) is 15.1. The van der Waals surface area contributed by atoms with Crippen molar-refractivity contribution in [3.05, 3.63) is 85.2 Å². The Morgan fingerprint density at radius 3 is 1.27 bits per heavy atom. The summed E-state index contributed by atoms with van der Waals surface area (Å²) < 4.78 is 9.92. The normalized spacial score (nSPS) is 20.1. The van der Waals surface area contributed by atoms with E-state index in [0.29, 0.717) is 52.1 Å². The standard InChI is InChI=1S/C20H29N9O2.C19H26N8O3.C15H22N8O/c1-12-15(25-20(31)28(3)14-6-7-14)5-4-8-29(12)16-10-22-17(18(21)30)19(26-16)24-13-9-23-27(2)11-13;1-11(2)30-19(29)24-14-6-5-7-27(12(14)3)15-9-21-16(17(20)28)18(25-15)23-13-8-22-26(4)10-13;1-9-11(16)4-3-5-23(9)12-7-18-13(14(17)24)15(21-12)20-10-6-19-22(2)8-10/h9-12,14-15H,4-8H2,1-3H3,(H2,21,30)(H,24,26)(H,25,31);8-10,12,14H,1,5-7H2,2-4H3,(H2,20,28)(H,23,25)(H,24,29);6-9,11H,3-5,16H2,1-2H3,(H2,17,24)(H,20,21)/t12-,15-;12-,14-;9-,11-/m111/s1. The summed E-state index contributed by atoms with van der Waals surface area (Å²) in [5.74, 6) is 1.06. The molecule has 31 heteroatoms. The molecular weight excluding hydrogens is 1090 g/mol. The van der Waals surface area contributed by atoms with Crippen molar-refractivity contribution < 1.29 is 28.7 Å². The number of anilines is 9. The average molecular weight is 1170 g/mol. The minimum Gasteiger partial charge on any atom is -0.416 e. The number of aryl methyl sites for hydroxylation is 3. The molecule has 6 aromatic rings. The van der Waals surface area contributed by atoms with Crippen LogP contribution in [0, 0.1) is 0 Å². The molecule has 9 heterocycles. The van der Waals surface area contributed by atoms with Gasteiger partial charge in [0.1, 0.15) is 17.5 Å². The van der Waals surface area contributed by atoms with Gasteiger partial charge in [-0.15, -0.1) is 0 Å². The first-order valence-electron chi connectivity index (χ1n) is 28.0. The Labute approximate surface area is 491 Å². The molecule has 0 aromatic carbocycles. The molecule has 31 nitrogen and oxygen atoms in total. The maximum atomic E-state index is 12.6. The van der Waals surface area contributed by atoms with Crippen molar-refractivity contribution in [1.82, 2.24) is 74.8 Å². The van der Waals surface area contributed by atoms with E-state index in [9.17, 15) is 24.0 Å². The van der Waals surface area contributed by atoms with Crippen LogP contribution in [0.4, 0.5) is 61.6 Å². The van der Waals surface area contributed by atoms with Crippen molar-refractivity contribution in [2.45, 2.75) is 121 Å². The number of nitrogens with two attached hydrogens (primary N) is 4. The lowest BCUT2D eigenvalue weighted by Crippen LogP contribution is -2.56. The first-order chi connectivity index (χ1) is 40.5. The Balaban J connectivity index is 0.000000167. The summed E-state index contributed by atoms with van der Waals surface area (Å²) in [7, 11) is 7.23. The number of ether oxygens (including phenoxy) is 1. The number of rotatable bonds is 16. The van der Waals surface area contributed by atoms with Crippen molar-refractivity contribution in [3.8, 4) is 0 Å². The van der Waals surface area contributed by atoms with Gasteiger partial charge in [0.05, 0.1) is 72.1 Å². The number of urea groups is 1. The minimum atomic E-state index is -0.686. The van der Waals surface area contributed by atoms with E-state index < -0.39 is 23.8 Å². The van der Waals surface area contributed by atoms with E-state index in [-0.39, 0.29) is 71.0 Å². The van der Waals surface area contributed by atoms with Crippen LogP contribution in [0.15, 0.2) is 68.1 Å². The van der Waals surface area contributed by atoms with E-state index in [1.807, 2.05) is 18.9 Å². The molecule has 4 fully saturated rings. The molecule has 85 heavy (non-hydrogen) atoms. The number of carbonyl (C=O) groups is 5. The summed E-state index contributed by atoms with van der Waals surface area (Å²) in [5.41, 5.74) is 24.8. The molecule has 6 aromatic heterocycles. The first-order valence-corrected chi connectivity index (χ1v) is 28.0. The molecule has 0 unspecified atom stereocenters. The number of alkyl carbamates (subject to hydrolysis) is 1. The number of aromatic nitrogens is 12. The molecular formula is C54H77N25O6. The van der Waals surface area contributed by atoms with Crippen molar-refractivity contribution >= 4 is 81.8 Å². The van der Waals surface area contributed by atoms with Crippen molar-refractivity contribution in [2.75, 3.05) is 57.3 Å². The lowest BCUT2D eigenvalue weighted by molar-refractivity contribution is 0.0987. The van der Waals surface area contributed by atoms with Crippen LogP contribution in [0.1, 0.15) is 111 Å². The Morgan fingerprint density at radius 1 is 0.565 bits per heavy atom. The van der Waals surface area contributed by atoms with Crippen LogP contribution in [0.3, 0.4) is 0 Å². The molecule has 3 saturated heterocycles. The molecule has 13 N–H and O–H groups in total. The summed E-state index contributed by atoms with van der Waals surface area (Å²) in [4.78, 5) is 94.4. The van der Waals surface area contributed by atoms with E-state index in [0.717, 1.165) is 71.0 Å². The highest BCUT2D eigenvalue weighted by Crippen LogP contribution is 2.31. The maximum Gasteiger partial charge on any atom is 0.412 e. The monoisotopic (exact) mass is 1170 g/mol. The zero-order valence-electron chi connectivity index (χ0n) is 49.1. The van der Waals surface area contributed by atoms with Crippen molar-refractivity contribution in [1.29, 1.82) is 0 Å². The fourth-order valence-corrected chi connectivity index (χ4v) is 10.3. The smallest absolute Gasteiger partial charge is 0.412 e. The van der Waals surface area contributed by atoms with Crippen LogP contribution >= 0.6 is 0 Å². The molecule has 3 aliphatic heterocycles. The number of hydrogen-bond donors (Lipinski definition) is 9. The highest BCUT2D eigenvalue weighted by Gasteiger charge is 2.36. The summed E-state index contributed by atoms with van der Waals surface area (Å²) in [5, 5.41) is 27.5. The minimum absolute atomic E-state index is 0.00482. The topological polar surface area (TPSA) is 403 Å². The van der Waals surface area contributed by atoms with Crippen LogP contribution in [-0.2, 0) is 25.9 Å². The van der Waals surface area contributed by atoms with Crippen molar-refractivity contribution in [2.24, 2.45) is 44.1 Å². The molecule has 4 aliphatic rings. The number of piperidine rings is 3. The predicted molar refractivity (Wildman–Crippen MR) is 319 cm³/mol. The lowest BCUT2D eigenvalue weighted by Gasteiger charge is -2.40. The van der Waals surface area contributed by atoms with Crippen molar-refractivity contribution in [3.63, 3.8) is 0 Å². The highest BCUT2D eigenvalue weighted by molar-refractivity contribution is 5.97. The zero-order chi connectivity index (χ0) is 61.2. The Kier molecular flexibility index (Phi) is 19.6. The summed E-state index contributed by atoms with van der Waals surface area (Å²) in [6.07, 6.45) is 21.9. The van der Waals surface area contributed by atoms with Gasteiger partial charge in [-0.2, -0.15) is 15.3 Å². The Bertz CT molecular complexity index is 3360. The quantitative estimate of drug-likeness (QED) is 0.0628. The number of allylic oxidation sites excluding steroid dienone is 1. The van der Waals surface area contributed by atoms with Crippen LogP contribution < -0.4 is 64.2 Å². The number of primary amides is 3. The fourth-order valence-electron chi connectivity index (χ4n) is 10.3. The summed E-state index contributed by atoms with van der Waals surface area (Å²) >= 11 is 0. The molecule has 0 spiro atoms. The number of carbonyl (C=O) groups excluding carboxylic acids is 5. The predicted octanol–water partition coefficient (Wildman–Crippen LogP) is 3.25. The summed E-state index contributed by atoms with van der Waals surface area (Å²) in [6.45, 7) is 13.7. The highest BCUT2D eigenvalue weighted by atomic mass is 16.6. The van der Waals surface area contributed by atoms with Crippen LogP contribution in [0.2, 0.25) is 0 Å².